The lowest BCUT2D eigenvalue weighted by atomic mass is 10.1. The molecule has 0 aliphatic carbocycles. The van der Waals surface area contributed by atoms with Crippen molar-refractivity contribution < 1.29 is 23.8 Å². The second-order valence-corrected chi connectivity index (χ2v) is 8.16. The normalized spacial score (nSPS) is 13.0. The van der Waals surface area contributed by atoms with Crippen LogP contribution in [0.2, 0.25) is 0 Å². The molecule has 1 aliphatic heterocycles. The van der Waals surface area contributed by atoms with Gasteiger partial charge in [0.25, 0.3) is 5.91 Å². The van der Waals surface area contributed by atoms with Crippen molar-refractivity contribution in [3.8, 4) is 22.8 Å². The third-order valence-electron chi connectivity index (χ3n) is 5.18. The van der Waals surface area contributed by atoms with E-state index >= 15 is 0 Å². The Hall–Kier alpha value is -3.66. The van der Waals surface area contributed by atoms with E-state index in [-0.39, 0.29) is 0 Å². The second kappa shape index (κ2) is 10.3. The van der Waals surface area contributed by atoms with Crippen molar-refractivity contribution in [2.45, 2.75) is 12.8 Å². The van der Waals surface area contributed by atoms with Gasteiger partial charge in [-0.3, -0.25) is 10.1 Å². The summed E-state index contributed by atoms with van der Waals surface area (Å²) < 4.78 is 15.9. The number of carbonyl (C=O) groups excluding carboxylic acids is 2. The van der Waals surface area contributed by atoms with Crippen LogP contribution < -0.4 is 19.7 Å². The van der Waals surface area contributed by atoms with Crippen LogP contribution in [0.25, 0.3) is 11.3 Å². The molecule has 0 unspecified atom stereocenters. The van der Waals surface area contributed by atoms with Gasteiger partial charge >= 0.3 is 5.97 Å². The summed E-state index contributed by atoms with van der Waals surface area (Å²) in [6, 6.07) is 8.74. The monoisotopic (exact) mass is 468 g/mol. The molecule has 0 atom stereocenters. The minimum Gasteiger partial charge on any atom is -0.497 e. The highest BCUT2D eigenvalue weighted by Gasteiger charge is 2.22. The van der Waals surface area contributed by atoms with Crippen LogP contribution in [0.3, 0.4) is 0 Å². The van der Waals surface area contributed by atoms with Crippen LogP contribution in [0.15, 0.2) is 41.9 Å². The summed E-state index contributed by atoms with van der Waals surface area (Å²) in [4.78, 5) is 35.8. The van der Waals surface area contributed by atoms with Crippen LogP contribution in [0.5, 0.6) is 11.5 Å². The summed E-state index contributed by atoms with van der Waals surface area (Å²) in [7, 11) is 3.16. The van der Waals surface area contributed by atoms with Crippen molar-refractivity contribution in [3.05, 3.63) is 47.5 Å². The van der Waals surface area contributed by atoms with Gasteiger partial charge < -0.3 is 19.1 Å². The zero-order valence-corrected chi connectivity index (χ0v) is 19.2. The van der Waals surface area contributed by atoms with Crippen LogP contribution in [0.1, 0.15) is 23.2 Å². The van der Waals surface area contributed by atoms with Crippen molar-refractivity contribution in [1.82, 2.24) is 9.97 Å². The number of benzene rings is 1. The van der Waals surface area contributed by atoms with Crippen LogP contribution in [0.4, 0.5) is 10.9 Å². The molecule has 1 saturated heterocycles. The van der Waals surface area contributed by atoms with E-state index in [0.717, 1.165) is 31.5 Å². The van der Waals surface area contributed by atoms with Gasteiger partial charge in [0.1, 0.15) is 22.9 Å². The van der Waals surface area contributed by atoms with Crippen LogP contribution >= 0.6 is 11.3 Å². The molecule has 1 aromatic carbocycles. The minimum atomic E-state index is -0.582. The van der Waals surface area contributed by atoms with Gasteiger partial charge in [0.15, 0.2) is 11.7 Å². The number of carbonyl (C=O) groups is 2. The Balaban J connectivity index is 1.38. The van der Waals surface area contributed by atoms with E-state index < -0.39 is 18.5 Å². The summed E-state index contributed by atoms with van der Waals surface area (Å²) in [5.74, 6) is 0.838. The zero-order chi connectivity index (χ0) is 23.2. The van der Waals surface area contributed by atoms with Crippen molar-refractivity contribution in [2.75, 3.05) is 44.1 Å². The molecule has 0 saturated carbocycles. The lowest BCUT2D eigenvalue weighted by Crippen LogP contribution is -2.24. The first-order chi connectivity index (χ1) is 16.1. The predicted molar refractivity (Wildman–Crippen MR) is 125 cm³/mol. The van der Waals surface area contributed by atoms with Gasteiger partial charge in [-0.05, 0) is 43.2 Å². The Morgan fingerprint density at radius 3 is 2.73 bits per heavy atom. The number of amides is 1. The number of ether oxygens (including phenoxy) is 3. The molecule has 1 fully saturated rings. The number of nitrogens with one attached hydrogen (secondary N) is 1. The van der Waals surface area contributed by atoms with Crippen molar-refractivity contribution in [3.63, 3.8) is 0 Å². The Morgan fingerprint density at radius 1 is 1.15 bits per heavy atom. The molecule has 1 aliphatic rings. The van der Waals surface area contributed by atoms with Gasteiger partial charge in [0.05, 0.1) is 19.9 Å². The van der Waals surface area contributed by atoms with Crippen LogP contribution in [-0.4, -0.2) is 55.8 Å². The van der Waals surface area contributed by atoms with Crippen LogP contribution in [-0.2, 0) is 9.53 Å². The topological polar surface area (TPSA) is 103 Å². The number of nitrogens with zero attached hydrogens (tertiary/aromatic N) is 3. The lowest BCUT2D eigenvalue weighted by molar-refractivity contribution is -0.119. The molecule has 0 radical (unpaired) electrons. The number of anilines is 2. The zero-order valence-electron chi connectivity index (χ0n) is 18.4. The highest BCUT2D eigenvalue weighted by atomic mass is 32.1. The fourth-order valence-electron chi connectivity index (χ4n) is 3.57. The van der Waals surface area contributed by atoms with Crippen molar-refractivity contribution >= 4 is 34.2 Å². The quantitative estimate of drug-likeness (QED) is 0.500. The maximum atomic E-state index is 12.6. The van der Waals surface area contributed by atoms with Gasteiger partial charge in [-0.15, -0.1) is 11.3 Å². The summed E-state index contributed by atoms with van der Waals surface area (Å²) in [5, 5.41) is 4.85. The smallest absolute Gasteiger partial charge is 0.342 e. The third kappa shape index (κ3) is 5.23. The Labute approximate surface area is 195 Å². The fourth-order valence-corrected chi connectivity index (χ4v) is 4.30. The molecule has 1 amide bonds. The van der Waals surface area contributed by atoms with Crippen molar-refractivity contribution in [2.24, 2.45) is 0 Å². The molecular weight excluding hydrogens is 444 g/mol. The van der Waals surface area contributed by atoms with Crippen LogP contribution in [0, 0.1) is 0 Å². The van der Waals surface area contributed by atoms with Gasteiger partial charge in [-0.2, -0.15) is 0 Å². The number of thiazole rings is 1. The molecule has 10 heteroatoms. The predicted octanol–water partition coefficient (Wildman–Crippen LogP) is 3.62. The number of esters is 1. The first-order valence-corrected chi connectivity index (χ1v) is 11.3. The van der Waals surface area contributed by atoms with E-state index in [2.05, 4.69) is 20.2 Å². The largest absolute Gasteiger partial charge is 0.497 e. The van der Waals surface area contributed by atoms with E-state index in [1.807, 2.05) is 6.07 Å². The van der Waals surface area contributed by atoms with E-state index in [1.165, 1.54) is 11.3 Å². The lowest BCUT2D eigenvalue weighted by Gasteiger charge is -2.18. The fraction of sp³-hybridized carbons (Fsp3) is 0.304. The molecule has 3 aromatic rings. The number of hydrogen-bond donors (Lipinski definition) is 1. The molecular formula is C23H24N4O5S. The van der Waals surface area contributed by atoms with Gasteiger partial charge in [0.2, 0.25) is 0 Å². The molecule has 1 N–H and O–H groups in total. The highest BCUT2D eigenvalue weighted by molar-refractivity contribution is 7.14. The molecule has 9 nitrogen and oxygen atoms in total. The average molecular weight is 469 g/mol. The van der Waals surface area contributed by atoms with E-state index in [9.17, 15) is 9.59 Å². The van der Waals surface area contributed by atoms with Crippen molar-refractivity contribution in [1.29, 1.82) is 0 Å². The summed E-state index contributed by atoms with van der Waals surface area (Å²) in [5.41, 5.74) is 1.73. The first kappa shape index (κ1) is 22.5. The maximum Gasteiger partial charge on any atom is 0.342 e. The van der Waals surface area contributed by atoms with E-state index in [0.29, 0.717) is 33.7 Å². The number of pyridine rings is 1. The Bertz CT molecular complexity index is 1140. The molecule has 172 valence electrons. The van der Waals surface area contributed by atoms with Gasteiger partial charge in [-0.1, -0.05) is 0 Å². The van der Waals surface area contributed by atoms with Gasteiger partial charge in [-0.25, -0.2) is 14.8 Å². The summed E-state index contributed by atoms with van der Waals surface area (Å²) in [6.07, 6.45) is 3.77. The molecule has 0 bridgehead atoms. The Morgan fingerprint density at radius 2 is 1.97 bits per heavy atom. The number of rotatable bonds is 8. The second-order valence-electron chi connectivity index (χ2n) is 7.30. The molecule has 3 heterocycles. The molecule has 0 spiro atoms. The SMILES string of the molecule is COc1ccc(OC)c(-c2csc(NC(=O)COC(=O)c3cccnc3N3CCCC3)n2)c1. The Kier molecular flexibility index (Phi) is 7.04. The summed E-state index contributed by atoms with van der Waals surface area (Å²) in [6.45, 7) is 1.27. The molecule has 33 heavy (non-hydrogen) atoms. The van der Waals surface area contributed by atoms with E-state index in [1.54, 1.807) is 50.1 Å². The summed E-state index contributed by atoms with van der Waals surface area (Å²) >= 11 is 1.26. The van der Waals surface area contributed by atoms with Gasteiger partial charge in [0, 0.05) is 30.2 Å². The maximum absolute atomic E-state index is 12.6. The number of hydrogen-bond acceptors (Lipinski definition) is 9. The highest BCUT2D eigenvalue weighted by Crippen LogP contribution is 2.35. The average Bonchev–Trinajstić information content (AvgIpc) is 3.55. The number of aromatic nitrogens is 2. The molecule has 4 rings (SSSR count). The van der Waals surface area contributed by atoms with E-state index in [4.69, 9.17) is 14.2 Å². The third-order valence-corrected chi connectivity index (χ3v) is 5.94. The number of methoxy groups -OCH3 is 2. The minimum absolute atomic E-state index is 0.355. The molecule has 2 aromatic heterocycles. The first-order valence-electron chi connectivity index (χ1n) is 10.4. The standard InChI is InChI=1S/C23H24N4O5S/c1-30-15-7-8-19(31-2)17(12-15)18-14-33-23(25-18)26-20(28)13-32-22(29)16-6-5-9-24-21(16)27-10-3-4-11-27/h5-9,12,14H,3-4,10-11,13H2,1-2H3,(H,25,26,28).